The topological polar surface area (TPSA) is 60.9 Å². The lowest BCUT2D eigenvalue weighted by Gasteiger charge is -2.35. The van der Waals surface area contributed by atoms with E-state index in [0.29, 0.717) is 6.54 Å². The van der Waals surface area contributed by atoms with E-state index in [1.54, 1.807) is 7.05 Å². The number of carbonyl (C=O) groups is 3. The highest BCUT2D eigenvalue weighted by molar-refractivity contribution is 6.05. The van der Waals surface area contributed by atoms with E-state index in [1.807, 2.05) is 17.0 Å². The number of hydrogen-bond acceptors (Lipinski definition) is 3. The van der Waals surface area contributed by atoms with Crippen molar-refractivity contribution in [1.29, 1.82) is 0 Å². The van der Waals surface area contributed by atoms with E-state index >= 15 is 0 Å². The summed E-state index contributed by atoms with van der Waals surface area (Å²) in [4.78, 5) is 42.1. The molecule has 1 saturated carbocycles. The molecule has 1 atom stereocenters. The number of carbonyl (C=O) groups excluding carboxylic acids is 3. The van der Waals surface area contributed by atoms with Crippen LogP contribution in [0.1, 0.15) is 49.7 Å². The van der Waals surface area contributed by atoms with Crippen LogP contribution >= 0.6 is 0 Å². The van der Waals surface area contributed by atoms with Crippen LogP contribution in [0.15, 0.2) is 24.3 Å². The minimum Gasteiger partial charge on any atom is -0.335 e. The van der Waals surface area contributed by atoms with Crippen molar-refractivity contribution < 1.29 is 14.4 Å². The smallest absolute Gasteiger partial charge is 0.326 e. The molecule has 1 aromatic carbocycles. The number of urea groups is 1. The highest BCUT2D eigenvalue weighted by Gasteiger charge is 2.42. The van der Waals surface area contributed by atoms with Gasteiger partial charge < -0.3 is 9.80 Å². The summed E-state index contributed by atoms with van der Waals surface area (Å²) < 4.78 is 0. The summed E-state index contributed by atoms with van der Waals surface area (Å²) in [6, 6.07) is 7.27. The Balaban J connectivity index is 1.79. The first-order valence-electron chi connectivity index (χ1n) is 9.78. The van der Waals surface area contributed by atoms with Gasteiger partial charge in [-0.2, -0.15) is 0 Å². The number of amides is 4. The van der Waals surface area contributed by atoms with Crippen molar-refractivity contribution in [3.63, 3.8) is 0 Å². The highest BCUT2D eigenvalue weighted by Crippen LogP contribution is 2.27. The molecule has 0 radical (unpaired) electrons. The molecule has 0 spiro atoms. The quantitative estimate of drug-likeness (QED) is 0.748. The molecule has 0 aromatic heterocycles. The SMILES string of the molecule is Cc1ccccc1CN(C(=O)C[C@H]1C(=O)N(C)C(=O)N1C)C1CCCCC1. The zero-order valence-corrected chi connectivity index (χ0v) is 16.5. The van der Waals surface area contributed by atoms with Crippen molar-refractivity contribution in [2.75, 3.05) is 14.1 Å². The van der Waals surface area contributed by atoms with Crippen LogP contribution in [-0.4, -0.2) is 58.7 Å². The molecule has 27 heavy (non-hydrogen) atoms. The summed E-state index contributed by atoms with van der Waals surface area (Å²) in [6.45, 7) is 2.62. The zero-order valence-electron chi connectivity index (χ0n) is 16.5. The van der Waals surface area contributed by atoms with Crippen LogP contribution in [0.4, 0.5) is 4.79 Å². The molecular formula is C21H29N3O3. The largest absolute Gasteiger partial charge is 0.335 e. The van der Waals surface area contributed by atoms with Gasteiger partial charge in [-0.1, -0.05) is 43.5 Å². The number of imide groups is 1. The Morgan fingerprint density at radius 1 is 1.11 bits per heavy atom. The third-order valence-electron chi connectivity index (χ3n) is 5.98. The standard InChI is InChI=1S/C21H29N3O3/c1-15-9-7-8-10-16(15)14-24(17-11-5-4-6-12-17)19(25)13-18-20(26)23(3)21(27)22(18)2/h7-10,17-18H,4-6,11-14H2,1-3H3/t18-/m0/s1. The van der Waals surface area contributed by atoms with Crippen LogP contribution in [0.5, 0.6) is 0 Å². The first-order chi connectivity index (χ1) is 12.9. The Hall–Kier alpha value is -2.37. The van der Waals surface area contributed by atoms with Gasteiger partial charge in [0, 0.05) is 26.7 Å². The van der Waals surface area contributed by atoms with Crippen LogP contribution in [0.3, 0.4) is 0 Å². The van der Waals surface area contributed by atoms with Crippen molar-refractivity contribution in [3.8, 4) is 0 Å². The van der Waals surface area contributed by atoms with E-state index in [2.05, 4.69) is 19.1 Å². The number of benzene rings is 1. The van der Waals surface area contributed by atoms with Crippen molar-refractivity contribution in [1.82, 2.24) is 14.7 Å². The summed E-state index contributed by atoms with van der Waals surface area (Å²) in [5.41, 5.74) is 2.30. The summed E-state index contributed by atoms with van der Waals surface area (Å²) in [5.74, 6) is -0.339. The van der Waals surface area contributed by atoms with Crippen molar-refractivity contribution in [3.05, 3.63) is 35.4 Å². The molecule has 6 nitrogen and oxygen atoms in total. The van der Waals surface area contributed by atoms with Crippen LogP contribution in [0.2, 0.25) is 0 Å². The van der Waals surface area contributed by atoms with Gasteiger partial charge in [0.15, 0.2) is 0 Å². The van der Waals surface area contributed by atoms with E-state index in [-0.39, 0.29) is 30.3 Å². The van der Waals surface area contributed by atoms with E-state index in [4.69, 9.17) is 0 Å². The predicted octanol–water partition coefficient (Wildman–Crippen LogP) is 2.94. The molecule has 2 fully saturated rings. The minimum atomic E-state index is -0.696. The van der Waals surface area contributed by atoms with E-state index in [0.717, 1.165) is 41.7 Å². The van der Waals surface area contributed by atoms with Gasteiger partial charge in [0.05, 0.1) is 6.42 Å². The number of aryl methyl sites for hydroxylation is 1. The fraction of sp³-hybridized carbons (Fsp3) is 0.571. The second-order valence-electron chi connectivity index (χ2n) is 7.75. The van der Waals surface area contributed by atoms with Gasteiger partial charge in [-0.05, 0) is 30.9 Å². The van der Waals surface area contributed by atoms with Crippen molar-refractivity contribution >= 4 is 17.8 Å². The molecule has 6 heteroatoms. The fourth-order valence-corrected chi connectivity index (χ4v) is 4.14. The Morgan fingerprint density at radius 3 is 2.37 bits per heavy atom. The first kappa shape index (κ1) is 19.4. The van der Waals surface area contributed by atoms with Gasteiger partial charge in [0.2, 0.25) is 5.91 Å². The van der Waals surface area contributed by atoms with E-state index in [9.17, 15) is 14.4 Å². The number of likely N-dealkylation sites (N-methyl/N-ethyl adjacent to an activating group) is 2. The number of nitrogens with zero attached hydrogens (tertiary/aromatic N) is 3. The average Bonchev–Trinajstić information content (AvgIpc) is 2.86. The molecule has 1 aromatic rings. The molecule has 1 aliphatic heterocycles. The van der Waals surface area contributed by atoms with Crippen LogP contribution in [0, 0.1) is 6.92 Å². The van der Waals surface area contributed by atoms with Gasteiger partial charge in [-0.25, -0.2) is 4.79 Å². The highest BCUT2D eigenvalue weighted by atomic mass is 16.2. The average molecular weight is 371 g/mol. The Kier molecular flexibility index (Phi) is 5.82. The van der Waals surface area contributed by atoms with Crippen molar-refractivity contribution in [2.45, 2.75) is 64.1 Å². The summed E-state index contributed by atoms with van der Waals surface area (Å²) in [5, 5.41) is 0. The second kappa shape index (κ2) is 8.11. The lowest BCUT2D eigenvalue weighted by Crippen LogP contribution is -2.44. The van der Waals surface area contributed by atoms with Crippen LogP contribution < -0.4 is 0 Å². The van der Waals surface area contributed by atoms with Crippen LogP contribution in [0.25, 0.3) is 0 Å². The molecule has 1 aliphatic carbocycles. The number of hydrogen-bond donors (Lipinski definition) is 0. The molecule has 1 saturated heterocycles. The van der Waals surface area contributed by atoms with Gasteiger partial charge in [0.25, 0.3) is 5.91 Å². The van der Waals surface area contributed by atoms with Crippen LogP contribution in [-0.2, 0) is 16.1 Å². The number of rotatable bonds is 5. The Labute approximate surface area is 161 Å². The summed E-state index contributed by atoms with van der Waals surface area (Å²) in [6.07, 6.45) is 5.53. The fourth-order valence-electron chi connectivity index (χ4n) is 4.14. The van der Waals surface area contributed by atoms with Gasteiger partial charge in [0.1, 0.15) is 6.04 Å². The van der Waals surface area contributed by atoms with E-state index in [1.165, 1.54) is 18.4 Å². The molecule has 146 valence electrons. The monoisotopic (exact) mass is 371 g/mol. The van der Waals surface area contributed by atoms with Gasteiger partial charge >= 0.3 is 6.03 Å². The predicted molar refractivity (Wildman–Crippen MR) is 103 cm³/mol. The molecule has 0 unspecified atom stereocenters. The molecule has 0 bridgehead atoms. The normalized spacial score (nSPS) is 21.1. The van der Waals surface area contributed by atoms with Crippen molar-refractivity contribution in [2.24, 2.45) is 0 Å². The maximum Gasteiger partial charge on any atom is 0.326 e. The molecule has 3 rings (SSSR count). The molecule has 0 N–H and O–H groups in total. The molecular weight excluding hydrogens is 342 g/mol. The lowest BCUT2D eigenvalue weighted by atomic mass is 9.93. The van der Waals surface area contributed by atoms with E-state index < -0.39 is 6.04 Å². The minimum absolute atomic E-state index is 0.0431. The maximum absolute atomic E-state index is 13.2. The summed E-state index contributed by atoms with van der Waals surface area (Å²) in [7, 11) is 3.06. The Bertz CT molecular complexity index is 727. The lowest BCUT2D eigenvalue weighted by molar-refractivity contribution is -0.139. The zero-order chi connectivity index (χ0) is 19.6. The van der Waals surface area contributed by atoms with Gasteiger partial charge in [-0.15, -0.1) is 0 Å². The molecule has 1 heterocycles. The molecule has 4 amide bonds. The van der Waals surface area contributed by atoms with Gasteiger partial charge in [-0.3, -0.25) is 14.5 Å². The Morgan fingerprint density at radius 2 is 1.78 bits per heavy atom. The summed E-state index contributed by atoms with van der Waals surface area (Å²) >= 11 is 0. The second-order valence-corrected chi connectivity index (χ2v) is 7.75. The maximum atomic E-state index is 13.2. The first-order valence-corrected chi connectivity index (χ1v) is 9.78. The third kappa shape index (κ3) is 3.99. The third-order valence-corrected chi connectivity index (χ3v) is 5.98. The molecule has 2 aliphatic rings.